The Morgan fingerprint density at radius 2 is 0.621 bits per heavy atom. The number of hydrogen-bond acceptors (Lipinski definition) is 1. The van der Waals surface area contributed by atoms with Crippen LogP contribution in [0.1, 0.15) is 118 Å². The summed E-state index contributed by atoms with van der Waals surface area (Å²) in [6, 6.07) is 64.8. The molecule has 10 rings (SSSR count). The van der Waals surface area contributed by atoms with Gasteiger partial charge < -0.3 is 9.13 Å². The predicted octanol–water partition coefficient (Wildman–Crippen LogP) is 20.8. The van der Waals surface area contributed by atoms with E-state index in [0.29, 0.717) is 0 Å². The number of fused-ring (bicyclic) bond motifs is 9. The van der Waals surface area contributed by atoms with E-state index in [1.165, 1.54) is 88.9 Å². The van der Waals surface area contributed by atoms with Crippen molar-refractivity contribution in [1.82, 2.24) is 9.13 Å². The molecule has 0 aliphatic heterocycles. The SMILES string of the molecule is CC.CC.CC.CC.CC.CC.CC.CC.CC#N.Cn1c2ccccc2c2cc(-c3ccc4c(c3)c3ccccc3n4-c3ccccc3)ccc21.c1ccc2c(c1)ccc1ccccc12. The van der Waals surface area contributed by atoms with Crippen molar-refractivity contribution in [3.05, 3.63) is 176 Å². The van der Waals surface area contributed by atoms with Gasteiger partial charge in [-0.25, -0.2) is 0 Å². The average Bonchev–Trinajstić information content (AvgIpc) is 3.92. The predicted molar refractivity (Wildman–Crippen MR) is 304 cm³/mol. The van der Waals surface area contributed by atoms with E-state index in [0.717, 1.165) is 0 Å². The van der Waals surface area contributed by atoms with Crippen LogP contribution in [-0.4, -0.2) is 9.13 Å². The highest BCUT2D eigenvalue weighted by atomic mass is 15.0. The van der Waals surface area contributed by atoms with Crippen molar-refractivity contribution in [1.29, 1.82) is 5.26 Å². The first-order valence-corrected chi connectivity index (χ1v) is 24.9. The molecule has 0 aliphatic rings. The lowest BCUT2D eigenvalue weighted by atomic mass is 10.0. The Kier molecular flexibility index (Phi) is 31.2. The zero-order chi connectivity index (χ0) is 50.0. The number of rotatable bonds is 2. The maximum Gasteiger partial charge on any atom is 0.0587 e. The molecule has 0 aliphatic carbocycles. The van der Waals surface area contributed by atoms with Gasteiger partial charge in [-0.15, -0.1) is 0 Å². The molecule has 66 heavy (non-hydrogen) atoms. The third kappa shape index (κ3) is 14.4. The van der Waals surface area contributed by atoms with E-state index in [2.05, 4.69) is 192 Å². The molecule has 3 nitrogen and oxygen atoms in total. The van der Waals surface area contributed by atoms with Crippen LogP contribution in [-0.2, 0) is 7.05 Å². The summed E-state index contributed by atoms with van der Waals surface area (Å²) < 4.78 is 4.65. The second kappa shape index (κ2) is 34.7. The number of para-hydroxylation sites is 3. The highest BCUT2D eigenvalue weighted by molar-refractivity contribution is 6.12. The van der Waals surface area contributed by atoms with Gasteiger partial charge >= 0.3 is 0 Å². The lowest BCUT2D eigenvalue weighted by molar-refractivity contribution is 1.01. The van der Waals surface area contributed by atoms with Crippen molar-refractivity contribution in [2.75, 3.05) is 0 Å². The van der Waals surface area contributed by atoms with E-state index in [1.807, 2.05) is 111 Å². The molecule has 3 heteroatoms. The lowest BCUT2D eigenvalue weighted by Gasteiger charge is -2.08. The summed E-state index contributed by atoms with van der Waals surface area (Å²) in [5.74, 6) is 0. The first-order valence-electron chi connectivity index (χ1n) is 24.9. The zero-order valence-corrected chi connectivity index (χ0v) is 44.1. The van der Waals surface area contributed by atoms with E-state index in [-0.39, 0.29) is 0 Å². The van der Waals surface area contributed by atoms with Crippen LogP contribution < -0.4 is 0 Å². The summed E-state index contributed by atoms with van der Waals surface area (Å²) in [6.45, 7) is 33.4. The first-order chi connectivity index (χ1) is 32.7. The van der Waals surface area contributed by atoms with Crippen LogP contribution in [0.2, 0.25) is 0 Å². The van der Waals surface area contributed by atoms with E-state index < -0.39 is 0 Å². The highest BCUT2D eigenvalue weighted by Crippen LogP contribution is 2.37. The molecule has 0 atom stereocenters. The minimum atomic E-state index is 1.19. The molecule has 8 aromatic carbocycles. The number of nitriles is 1. The van der Waals surface area contributed by atoms with Gasteiger partial charge in [0.15, 0.2) is 0 Å². The van der Waals surface area contributed by atoms with Crippen LogP contribution in [0.4, 0.5) is 0 Å². The Balaban J connectivity index is 0.00000107. The summed E-state index contributed by atoms with van der Waals surface area (Å²) in [6.07, 6.45) is 0. The number of aryl methyl sites for hydroxylation is 1. The summed E-state index contributed by atoms with van der Waals surface area (Å²) in [5.41, 5.74) is 8.68. The fourth-order valence-electron chi connectivity index (χ4n) is 7.31. The van der Waals surface area contributed by atoms with Crippen LogP contribution in [0.25, 0.3) is 82.0 Å². The van der Waals surface area contributed by atoms with E-state index in [4.69, 9.17) is 5.26 Å². The van der Waals surface area contributed by atoms with Gasteiger partial charge in [-0.3, -0.25) is 0 Å². The van der Waals surface area contributed by atoms with E-state index >= 15 is 0 Å². The van der Waals surface area contributed by atoms with Crippen molar-refractivity contribution in [3.63, 3.8) is 0 Å². The van der Waals surface area contributed by atoms with Gasteiger partial charge in [-0.2, -0.15) is 5.26 Å². The number of hydrogen-bond donors (Lipinski definition) is 0. The number of benzene rings is 8. The van der Waals surface area contributed by atoms with Gasteiger partial charge in [0, 0.05) is 52.2 Å². The molecular weight excluding hydrogens is 799 g/mol. The van der Waals surface area contributed by atoms with E-state index in [1.54, 1.807) is 6.07 Å². The smallest absolute Gasteiger partial charge is 0.0587 e. The molecule has 0 fully saturated rings. The maximum absolute atomic E-state index is 7.32. The molecule has 2 aromatic heterocycles. The second-order valence-electron chi connectivity index (χ2n) is 12.5. The number of aromatic nitrogens is 2. The molecule has 0 saturated carbocycles. The summed E-state index contributed by atoms with van der Waals surface area (Å²) >= 11 is 0. The van der Waals surface area contributed by atoms with Crippen LogP contribution in [0.15, 0.2) is 176 Å². The van der Waals surface area contributed by atoms with Crippen molar-refractivity contribution >= 4 is 65.2 Å². The van der Waals surface area contributed by atoms with Gasteiger partial charge in [-0.05, 0) is 81.2 Å². The molecule has 0 radical (unpaired) electrons. The van der Waals surface area contributed by atoms with Crippen molar-refractivity contribution in [2.45, 2.75) is 118 Å². The van der Waals surface area contributed by atoms with Gasteiger partial charge in [0.25, 0.3) is 0 Å². The van der Waals surface area contributed by atoms with E-state index in [9.17, 15) is 0 Å². The minimum absolute atomic E-state index is 1.19. The van der Waals surface area contributed by atoms with Gasteiger partial charge in [0.1, 0.15) is 0 Å². The van der Waals surface area contributed by atoms with Crippen LogP contribution in [0, 0.1) is 11.3 Å². The summed E-state index contributed by atoms with van der Waals surface area (Å²) in [7, 11) is 2.15. The Hall–Kier alpha value is -6.63. The molecule has 0 spiro atoms. The molecular formula is C63H83N3. The Bertz CT molecular complexity index is 2790. The monoisotopic (exact) mass is 882 g/mol. The summed E-state index contributed by atoms with van der Waals surface area (Å²) in [5, 5.41) is 17.8. The molecule has 0 bridgehead atoms. The van der Waals surface area contributed by atoms with Gasteiger partial charge in [0.05, 0.1) is 17.1 Å². The largest absolute Gasteiger partial charge is 0.344 e. The minimum Gasteiger partial charge on any atom is -0.344 e. The normalized spacial score (nSPS) is 9.05. The second-order valence-corrected chi connectivity index (χ2v) is 12.5. The number of nitrogens with zero attached hydrogens (tertiary/aromatic N) is 3. The topological polar surface area (TPSA) is 33.6 Å². The van der Waals surface area contributed by atoms with Gasteiger partial charge in [-0.1, -0.05) is 238 Å². The average molecular weight is 882 g/mol. The highest BCUT2D eigenvalue weighted by Gasteiger charge is 2.14. The third-order valence-electron chi connectivity index (χ3n) is 9.59. The van der Waals surface area contributed by atoms with Crippen molar-refractivity contribution in [3.8, 4) is 22.9 Å². The fraction of sp³-hybridized carbons (Fsp3) is 0.286. The maximum atomic E-state index is 7.32. The zero-order valence-electron chi connectivity index (χ0n) is 44.1. The molecule has 0 unspecified atom stereocenters. The molecule has 350 valence electrons. The fourth-order valence-corrected chi connectivity index (χ4v) is 7.31. The van der Waals surface area contributed by atoms with Crippen molar-refractivity contribution < 1.29 is 0 Å². The molecule has 0 N–H and O–H groups in total. The third-order valence-corrected chi connectivity index (χ3v) is 9.59. The molecule has 10 aromatic rings. The lowest BCUT2D eigenvalue weighted by Crippen LogP contribution is -1.92. The molecule has 2 heterocycles. The van der Waals surface area contributed by atoms with Crippen LogP contribution in [0.5, 0.6) is 0 Å². The standard InChI is InChI=1S/C31H22N2.C14H10.C2H3N.8C2H6/c1-32-28-13-7-5-11-24(28)26-19-21(15-17-29(26)32)22-16-18-31-27(20-22)25-12-6-8-14-30(25)33(31)23-9-3-2-4-10-23;1-3-7-13-11(5-1)9-10-12-6-2-4-8-14(12)13;1-2-3;8*1-2/h2-20H,1H3;1-10H;1H3;8*1-2H3. The van der Waals surface area contributed by atoms with Crippen molar-refractivity contribution in [2.24, 2.45) is 7.05 Å². The summed E-state index contributed by atoms with van der Waals surface area (Å²) in [4.78, 5) is 0. The first kappa shape index (κ1) is 59.4. The van der Waals surface area contributed by atoms with Crippen LogP contribution in [0.3, 0.4) is 0 Å². The Morgan fingerprint density at radius 3 is 1.08 bits per heavy atom. The quantitative estimate of drug-likeness (QED) is 0.159. The Labute approximate surface area is 401 Å². The molecule has 0 saturated heterocycles. The Morgan fingerprint density at radius 1 is 0.318 bits per heavy atom. The molecule has 0 amide bonds. The van der Waals surface area contributed by atoms with Crippen LogP contribution >= 0.6 is 0 Å². The van der Waals surface area contributed by atoms with Gasteiger partial charge in [0.2, 0.25) is 0 Å².